The fraction of sp³-hybridized carbons (Fsp3) is 0.500. The summed E-state index contributed by atoms with van der Waals surface area (Å²) in [5.41, 5.74) is 0.851. The second-order valence-electron chi connectivity index (χ2n) is 5.59. The van der Waals surface area contributed by atoms with Gasteiger partial charge in [0.1, 0.15) is 6.23 Å². The predicted octanol–water partition coefficient (Wildman–Crippen LogP) is 2.59. The van der Waals surface area contributed by atoms with E-state index < -0.39 is 6.10 Å². The van der Waals surface area contributed by atoms with Crippen molar-refractivity contribution in [2.75, 3.05) is 7.05 Å². The molecule has 2 atom stereocenters. The molecule has 1 amide bonds. The summed E-state index contributed by atoms with van der Waals surface area (Å²) in [4.78, 5) is 13.9. The molecule has 3 nitrogen and oxygen atoms in total. The third-order valence-corrected chi connectivity index (χ3v) is 3.03. The molecule has 1 fully saturated rings. The molecule has 1 aromatic carbocycles. The number of hydrogen-bond donors (Lipinski definition) is 0. The smallest absolute Gasteiger partial charge is 0.258 e. The Bertz CT molecular complexity index is 408. The van der Waals surface area contributed by atoms with Crippen LogP contribution >= 0.6 is 0 Å². The molecular weight excluding hydrogens is 214 g/mol. The Balaban J connectivity index is 2.26. The van der Waals surface area contributed by atoms with E-state index in [9.17, 15) is 4.79 Å². The average Bonchev–Trinajstić information content (AvgIpc) is 2.57. The van der Waals surface area contributed by atoms with Crippen LogP contribution in [0.2, 0.25) is 0 Å². The minimum Gasteiger partial charge on any atom is -0.340 e. The van der Waals surface area contributed by atoms with Crippen LogP contribution in [0.4, 0.5) is 0 Å². The highest BCUT2D eigenvalue weighted by molar-refractivity contribution is 5.84. The molecule has 0 bridgehead atoms. The Morgan fingerprint density at radius 2 is 1.76 bits per heavy atom. The zero-order valence-corrected chi connectivity index (χ0v) is 10.8. The molecule has 3 heteroatoms. The first kappa shape index (κ1) is 12.1. The highest BCUT2D eigenvalue weighted by Gasteiger charge is 2.44. The molecule has 2 rings (SSSR count). The van der Waals surface area contributed by atoms with Crippen LogP contribution in [0.5, 0.6) is 0 Å². The Kier molecular flexibility index (Phi) is 2.96. The summed E-state index contributed by atoms with van der Waals surface area (Å²) in [6.07, 6.45) is -0.620. The molecule has 0 spiro atoms. The molecule has 0 aromatic heterocycles. The summed E-state index contributed by atoms with van der Waals surface area (Å²) in [5.74, 6) is 0.0381. The van der Waals surface area contributed by atoms with Crippen LogP contribution < -0.4 is 0 Å². The standard InChI is InChI=1S/C14H19NO2/c1-14(2,3)13-15(4)12(16)11(17-13)10-8-6-5-7-9-10/h5-9,11,13H,1-4H3/t11-,13+/m1/s1. The van der Waals surface area contributed by atoms with Crippen molar-refractivity contribution in [1.82, 2.24) is 4.90 Å². The summed E-state index contributed by atoms with van der Waals surface area (Å²) in [7, 11) is 1.81. The van der Waals surface area contributed by atoms with Crippen molar-refractivity contribution < 1.29 is 9.53 Å². The Hall–Kier alpha value is -1.35. The molecular formula is C14H19NO2. The lowest BCUT2D eigenvalue weighted by atomic mass is 9.94. The number of carbonyl (C=O) groups is 1. The Labute approximate surface area is 102 Å². The molecule has 1 heterocycles. The Morgan fingerprint density at radius 3 is 2.24 bits per heavy atom. The molecule has 0 N–H and O–H groups in total. The van der Waals surface area contributed by atoms with Crippen molar-refractivity contribution in [3.8, 4) is 0 Å². The summed E-state index contributed by atoms with van der Waals surface area (Å²) in [6.45, 7) is 6.23. The minimum absolute atomic E-state index is 0.0381. The van der Waals surface area contributed by atoms with E-state index >= 15 is 0 Å². The quantitative estimate of drug-likeness (QED) is 0.746. The van der Waals surface area contributed by atoms with E-state index in [0.717, 1.165) is 5.56 Å². The van der Waals surface area contributed by atoms with Crippen molar-refractivity contribution in [1.29, 1.82) is 0 Å². The molecule has 1 aliphatic rings. The van der Waals surface area contributed by atoms with Crippen molar-refractivity contribution in [3.05, 3.63) is 35.9 Å². The zero-order chi connectivity index (χ0) is 12.6. The van der Waals surface area contributed by atoms with E-state index in [0.29, 0.717) is 0 Å². The number of carbonyl (C=O) groups excluding carboxylic acids is 1. The predicted molar refractivity (Wildman–Crippen MR) is 66.3 cm³/mol. The van der Waals surface area contributed by atoms with Crippen LogP contribution in [-0.4, -0.2) is 24.1 Å². The van der Waals surface area contributed by atoms with E-state index in [1.54, 1.807) is 11.9 Å². The number of benzene rings is 1. The average molecular weight is 233 g/mol. The monoisotopic (exact) mass is 233 g/mol. The van der Waals surface area contributed by atoms with Gasteiger partial charge >= 0.3 is 0 Å². The van der Waals surface area contributed by atoms with Crippen molar-refractivity contribution >= 4 is 5.91 Å². The zero-order valence-electron chi connectivity index (χ0n) is 10.8. The molecule has 17 heavy (non-hydrogen) atoms. The maximum Gasteiger partial charge on any atom is 0.258 e. The van der Waals surface area contributed by atoms with Crippen molar-refractivity contribution in [2.24, 2.45) is 5.41 Å². The molecule has 1 saturated heterocycles. The number of likely N-dealkylation sites (N-methyl/N-ethyl adjacent to an activating group) is 1. The van der Waals surface area contributed by atoms with Gasteiger partial charge in [0.05, 0.1) is 0 Å². The van der Waals surface area contributed by atoms with Gasteiger partial charge in [-0.05, 0) is 5.56 Å². The Morgan fingerprint density at radius 1 is 1.18 bits per heavy atom. The SMILES string of the molecule is CN1C(=O)[C@@H](c2ccccc2)O[C@H]1C(C)(C)C. The first-order valence-corrected chi connectivity index (χ1v) is 5.88. The van der Waals surface area contributed by atoms with E-state index in [1.165, 1.54) is 0 Å². The van der Waals surface area contributed by atoms with Gasteiger partial charge in [-0.25, -0.2) is 0 Å². The van der Waals surface area contributed by atoms with Gasteiger partial charge in [-0.3, -0.25) is 4.79 Å². The third-order valence-electron chi connectivity index (χ3n) is 3.03. The van der Waals surface area contributed by atoms with E-state index in [1.807, 2.05) is 30.3 Å². The normalized spacial score (nSPS) is 25.4. The number of hydrogen-bond acceptors (Lipinski definition) is 2. The molecule has 0 saturated carbocycles. The van der Waals surface area contributed by atoms with Crippen LogP contribution in [0, 0.1) is 5.41 Å². The maximum atomic E-state index is 12.2. The van der Waals surface area contributed by atoms with E-state index in [4.69, 9.17) is 4.74 Å². The summed E-state index contributed by atoms with van der Waals surface area (Å²) < 4.78 is 5.91. The van der Waals surface area contributed by atoms with Crippen LogP contribution in [0.15, 0.2) is 30.3 Å². The van der Waals surface area contributed by atoms with Crippen molar-refractivity contribution in [3.63, 3.8) is 0 Å². The molecule has 0 radical (unpaired) electrons. The number of ether oxygens (including phenoxy) is 1. The van der Waals surface area contributed by atoms with Gasteiger partial charge in [0.2, 0.25) is 0 Å². The second-order valence-corrected chi connectivity index (χ2v) is 5.59. The van der Waals surface area contributed by atoms with Crippen LogP contribution in [0.3, 0.4) is 0 Å². The minimum atomic E-state index is -0.453. The van der Waals surface area contributed by atoms with Gasteiger partial charge in [-0.2, -0.15) is 0 Å². The van der Waals surface area contributed by atoms with Crippen LogP contribution in [0.1, 0.15) is 32.4 Å². The van der Waals surface area contributed by atoms with Gasteiger partial charge < -0.3 is 9.64 Å². The second kappa shape index (κ2) is 4.15. The van der Waals surface area contributed by atoms with Gasteiger partial charge in [0.15, 0.2) is 6.10 Å². The van der Waals surface area contributed by atoms with Crippen LogP contribution in [-0.2, 0) is 9.53 Å². The largest absolute Gasteiger partial charge is 0.340 e. The molecule has 1 aliphatic heterocycles. The van der Waals surface area contributed by atoms with Gasteiger partial charge in [-0.15, -0.1) is 0 Å². The lowest BCUT2D eigenvalue weighted by Gasteiger charge is -2.30. The van der Waals surface area contributed by atoms with Gasteiger partial charge in [0.25, 0.3) is 5.91 Å². The van der Waals surface area contributed by atoms with Crippen LogP contribution in [0.25, 0.3) is 0 Å². The number of amides is 1. The first-order chi connectivity index (χ1) is 7.91. The summed E-state index contributed by atoms with van der Waals surface area (Å²) >= 11 is 0. The first-order valence-electron chi connectivity index (χ1n) is 5.88. The summed E-state index contributed by atoms with van der Waals surface area (Å²) in [6, 6.07) is 9.66. The molecule has 0 aliphatic carbocycles. The number of rotatable bonds is 1. The highest BCUT2D eigenvalue weighted by atomic mass is 16.5. The lowest BCUT2D eigenvalue weighted by molar-refractivity contribution is -0.129. The fourth-order valence-corrected chi connectivity index (χ4v) is 2.21. The highest BCUT2D eigenvalue weighted by Crippen LogP contribution is 2.37. The summed E-state index contributed by atoms with van der Waals surface area (Å²) in [5, 5.41) is 0. The maximum absolute atomic E-state index is 12.2. The van der Waals surface area contributed by atoms with E-state index in [-0.39, 0.29) is 17.6 Å². The lowest BCUT2D eigenvalue weighted by Crippen LogP contribution is -2.39. The number of nitrogens with zero attached hydrogens (tertiary/aromatic N) is 1. The topological polar surface area (TPSA) is 29.5 Å². The molecule has 0 unspecified atom stereocenters. The van der Waals surface area contributed by atoms with Gasteiger partial charge in [-0.1, -0.05) is 51.1 Å². The fourth-order valence-electron chi connectivity index (χ4n) is 2.21. The molecule has 1 aromatic rings. The van der Waals surface area contributed by atoms with E-state index in [2.05, 4.69) is 20.8 Å². The van der Waals surface area contributed by atoms with Crippen molar-refractivity contribution in [2.45, 2.75) is 33.1 Å². The van der Waals surface area contributed by atoms with Gasteiger partial charge in [0, 0.05) is 12.5 Å². The third kappa shape index (κ3) is 2.20. The molecule has 92 valence electrons.